The molecule has 3 rings (SSSR count). The molecule has 0 unspecified atom stereocenters. The van der Waals surface area contributed by atoms with Crippen LogP contribution in [0, 0.1) is 5.82 Å². The van der Waals surface area contributed by atoms with E-state index in [1.165, 1.54) is 18.0 Å². The van der Waals surface area contributed by atoms with Gasteiger partial charge in [-0.3, -0.25) is 0 Å². The molecule has 0 aliphatic rings. The van der Waals surface area contributed by atoms with Crippen molar-refractivity contribution < 1.29 is 4.39 Å². The van der Waals surface area contributed by atoms with Crippen molar-refractivity contribution in [2.75, 3.05) is 10.6 Å². The molecule has 0 atom stereocenters. The topological polar surface area (TPSA) is 49.8 Å². The summed E-state index contributed by atoms with van der Waals surface area (Å²) in [5.41, 5.74) is 2.95. The van der Waals surface area contributed by atoms with Crippen LogP contribution in [0.15, 0.2) is 60.9 Å². The van der Waals surface area contributed by atoms with Gasteiger partial charge < -0.3 is 10.6 Å². The molecule has 1 heterocycles. The molecule has 4 nitrogen and oxygen atoms in total. The van der Waals surface area contributed by atoms with Crippen molar-refractivity contribution in [3.05, 3.63) is 77.9 Å². The van der Waals surface area contributed by atoms with Crippen LogP contribution in [0.4, 0.5) is 21.7 Å². The molecular formula is C21H23FN4. The Bertz CT molecular complexity index is 870. The molecule has 0 amide bonds. The number of anilines is 3. The Morgan fingerprint density at radius 3 is 2.31 bits per heavy atom. The van der Waals surface area contributed by atoms with Gasteiger partial charge in [-0.15, -0.1) is 0 Å². The molecule has 0 spiro atoms. The maximum absolute atomic E-state index is 13.7. The molecular weight excluding hydrogens is 327 g/mol. The van der Waals surface area contributed by atoms with Gasteiger partial charge in [0.2, 0.25) is 0 Å². The number of nitrogens with one attached hydrogen (secondary N) is 2. The third-order valence-corrected chi connectivity index (χ3v) is 4.11. The van der Waals surface area contributed by atoms with E-state index in [4.69, 9.17) is 0 Å². The molecule has 0 saturated carbocycles. The summed E-state index contributed by atoms with van der Waals surface area (Å²) < 4.78 is 13.7. The SMILES string of the molecule is CC(C)(C)c1ccc(Nc2cc(NCc3ccccc3F)ncn2)cc1. The highest BCUT2D eigenvalue weighted by Gasteiger charge is 2.12. The predicted octanol–water partition coefficient (Wildman–Crippen LogP) is 5.27. The largest absolute Gasteiger partial charge is 0.366 e. The minimum atomic E-state index is -0.230. The zero-order valence-electron chi connectivity index (χ0n) is 15.3. The van der Waals surface area contributed by atoms with Gasteiger partial charge in [-0.1, -0.05) is 51.1 Å². The van der Waals surface area contributed by atoms with Crippen molar-refractivity contribution in [2.24, 2.45) is 0 Å². The minimum Gasteiger partial charge on any atom is -0.366 e. The maximum atomic E-state index is 13.7. The van der Waals surface area contributed by atoms with Gasteiger partial charge in [-0.05, 0) is 29.2 Å². The Morgan fingerprint density at radius 2 is 1.62 bits per heavy atom. The lowest BCUT2D eigenvalue weighted by Gasteiger charge is -2.19. The second-order valence-electron chi connectivity index (χ2n) is 7.19. The van der Waals surface area contributed by atoms with Gasteiger partial charge in [0.05, 0.1) is 0 Å². The van der Waals surface area contributed by atoms with Gasteiger partial charge >= 0.3 is 0 Å². The van der Waals surface area contributed by atoms with E-state index in [2.05, 4.69) is 53.5 Å². The van der Waals surface area contributed by atoms with Crippen LogP contribution in [0.3, 0.4) is 0 Å². The highest BCUT2D eigenvalue weighted by Crippen LogP contribution is 2.24. The quantitative estimate of drug-likeness (QED) is 0.658. The number of hydrogen-bond acceptors (Lipinski definition) is 4. The van der Waals surface area contributed by atoms with Crippen molar-refractivity contribution in [3.8, 4) is 0 Å². The van der Waals surface area contributed by atoms with E-state index >= 15 is 0 Å². The van der Waals surface area contributed by atoms with E-state index in [-0.39, 0.29) is 11.2 Å². The molecule has 0 aliphatic heterocycles. The van der Waals surface area contributed by atoms with Crippen LogP contribution in [0.25, 0.3) is 0 Å². The van der Waals surface area contributed by atoms with Gasteiger partial charge in [0, 0.05) is 23.9 Å². The fourth-order valence-corrected chi connectivity index (χ4v) is 2.55. The molecule has 0 radical (unpaired) electrons. The van der Waals surface area contributed by atoms with Crippen LogP contribution in [-0.4, -0.2) is 9.97 Å². The lowest BCUT2D eigenvalue weighted by Crippen LogP contribution is -2.10. The molecule has 0 fully saturated rings. The van der Waals surface area contributed by atoms with Crippen molar-refractivity contribution in [1.29, 1.82) is 0 Å². The predicted molar refractivity (Wildman–Crippen MR) is 104 cm³/mol. The third kappa shape index (κ3) is 4.57. The normalized spacial score (nSPS) is 11.2. The smallest absolute Gasteiger partial charge is 0.135 e. The summed E-state index contributed by atoms with van der Waals surface area (Å²) in [4.78, 5) is 8.43. The monoisotopic (exact) mass is 350 g/mol. The number of nitrogens with zero attached hydrogens (tertiary/aromatic N) is 2. The van der Waals surface area contributed by atoms with E-state index in [1.807, 2.05) is 18.2 Å². The molecule has 26 heavy (non-hydrogen) atoms. The standard InChI is InChI=1S/C21H23FN4/c1-21(2,3)16-8-10-17(11-9-16)26-20-12-19(24-14-25-20)23-13-15-6-4-5-7-18(15)22/h4-12,14H,13H2,1-3H3,(H2,23,24,25,26). The number of halogens is 1. The summed E-state index contributed by atoms with van der Waals surface area (Å²) in [6, 6.07) is 16.8. The molecule has 5 heteroatoms. The van der Waals surface area contributed by atoms with E-state index in [0.717, 1.165) is 5.69 Å². The molecule has 2 aromatic carbocycles. The van der Waals surface area contributed by atoms with Gasteiger partial charge in [0.1, 0.15) is 23.8 Å². The molecule has 134 valence electrons. The second kappa shape index (κ2) is 7.52. The van der Waals surface area contributed by atoms with Crippen LogP contribution in [0.5, 0.6) is 0 Å². The van der Waals surface area contributed by atoms with Gasteiger partial charge in [-0.25, -0.2) is 14.4 Å². The highest BCUT2D eigenvalue weighted by molar-refractivity contribution is 5.59. The van der Waals surface area contributed by atoms with Gasteiger partial charge in [0.15, 0.2) is 0 Å². The van der Waals surface area contributed by atoms with Crippen LogP contribution in [0.2, 0.25) is 0 Å². The lowest BCUT2D eigenvalue weighted by atomic mass is 9.87. The fraction of sp³-hybridized carbons (Fsp3) is 0.238. The van der Waals surface area contributed by atoms with Crippen LogP contribution in [-0.2, 0) is 12.0 Å². The van der Waals surface area contributed by atoms with E-state index in [1.54, 1.807) is 18.2 Å². The second-order valence-corrected chi connectivity index (χ2v) is 7.19. The molecule has 0 bridgehead atoms. The van der Waals surface area contributed by atoms with Crippen molar-refractivity contribution in [2.45, 2.75) is 32.7 Å². The van der Waals surface area contributed by atoms with E-state index in [0.29, 0.717) is 23.7 Å². The fourth-order valence-electron chi connectivity index (χ4n) is 2.55. The van der Waals surface area contributed by atoms with Crippen molar-refractivity contribution in [1.82, 2.24) is 9.97 Å². The van der Waals surface area contributed by atoms with Crippen LogP contribution < -0.4 is 10.6 Å². The molecule has 1 aromatic heterocycles. The lowest BCUT2D eigenvalue weighted by molar-refractivity contribution is 0.590. The summed E-state index contributed by atoms with van der Waals surface area (Å²) in [6.45, 7) is 6.93. The van der Waals surface area contributed by atoms with Crippen molar-refractivity contribution >= 4 is 17.3 Å². The Morgan fingerprint density at radius 1 is 0.923 bits per heavy atom. The average molecular weight is 350 g/mol. The number of aromatic nitrogens is 2. The highest BCUT2D eigenvalue weighted by atomic mass is 19.1. The van der Waals surface area contributed by atoms with Crippen molar-refractivity contribution in [3.63, 3.8) is 0 Å². The van der Waals surface area contributed by atoms with Crippen LogP contribution in [0.1, 0.15) is 31.9 Å². The van der Waals surface area contributed by atoms with Gasteiger partial charge in [-0.2, -0.15) is 0 Å². The first-order valence-electron chi connectivity index (χ1n) is 8.59. The summed E-state index contributed by atoms with van der Waals surface area (Å²) in [5.74, 6) is 1.09. The summed E-state index contributed by atoms with van der Waals surface area (Å²) in [5, 5.41) is 6.39. The molecule has 3 aromatic rings. The molecule has 0 aliphatic carbocycles. The summed E-state index contributed by atoms with van der Waals surface area (Å²) >= 11 is 0. The summed E-state index contributed by atoms with van der Waals surface area (Å²) in [6.07, 6.45) is 1.48. The van der Waals surface area contributed by atoms with Crippen LogP contribution >= 0.6 is 0 Å². The first-order chi connectivity index (χ1) is 12.4. The molecule has 2 N–H and O–H groups in total. The Kier molecular flexibility index (Phi) is 5.16. The average Bonchev–Trinajstić information content (AvgIpc) is 2.61. The zero-order chi connectivity index (χ0) is 18.6. The van der Waals surface area contributed by atoms with E-state index < -0.39 is 0 Å². The number of hydrogen-bond donors (Lipinski definition) is 2. The Labute approximate surface area is 153 Å². The Hall–Kier alpha value is -2.95. The number of rotatable bonds is 5. The first kappa shape index (κ1) is 17.9. The summed E-state index contributed by atoms with van der Waals surface area (Å²) in [7, 11) is 0. The third-order valence-electron chi connectivity index (χ3n) is 4.11. The Balaban J connectivity index is 1.66. The minimum absolute atomic E-state index is 0.122. The van der Waals surface area contributed by atoms with Gasteiger partial charge in [0.25, 0.3) is 0 Å². The number of benzene rings is 2. The van der Waals surface area contributed by atoms with E-state index in [9.17, 15) is 4.39 Å². The zero-order valence-corrected chi connectivity index (χ0v) is 15.3. The molecule has 0 saturated heterocycles. The first-order valence-corrected chi connectivity index (χ1v) is 8.59. The maximum Gasteiger partial charge on any atom is 0.135 e.